The number of nitrogens with zero attached hydrogens (tertiary/aromatic N) is 1. The molecule has 0 aromatic heterocycles. The molecule has 0 saturated carbocycles. The summed E-state index contributed by atoms with van der Waals surface area (Å²) in [6.45, 7) is 2.59. The van der Waals surface area contributed by atoms with Crippen LogP contribution in [0.3, 0.4) is 0 Å². The summed E-state index contributed by atoms with van der Waals surface area (Å²) in [5.41, 5.74) is 0.357. The molecule has 0 fully saturated rings. The molecule has 0 spiro atoms. The van der Waals surface area contributed by atoms with Crippen molar-refractivity contribution in [1.82, 2.24) is 4.72 Å². The second-order valence-electron chi connectivity index (χ2n) is 6.36. The van der Waals surface area contributed by atoms with Crippen LogP contribution in [0.25, 0.3) is 0 Å². The lowest BCUT2D eigenvalue weighted by molar-refractivity contribution is -0.119. The van der Waals surface area contributed by atoms with Crippen molar-refractivity contribution in [2.75, 3.05) is 11.4 Å². The molecule has 1 aliphatic heterocycles. The summed E-state index contributed by atoms with van der Waals surface area (Å²) in [4.78, 5) is 24.4. The van der Waals surface area contributed by atoms with Crippen molar-refractivity contribution < 1.29 is 18.0 Å². The molecule has 0 bridgehead atoms. The molecule has 0 radical (unpaired) electrons. The third kappa shape index (κ3) is 5.51. The van der Waals surface area contributed by atoms with Gasteiger partial charge in [-0.3, -0.25) is 9.59 Å². The van der Waals surface area contributed by atoms with Crippen molar-refractivity contribution >= 4 is 27.5 Å². The summed E-state index contributed by atoms with van der Waals surface area (Å²) in [7, 11) is -3.58. The van der Waals surface area contributed by atoms with Crippen LogP contribution in [0.2, 0.25) is 0 Å². The van der Waals surface area contributed by atoms with Gasteiger partial charge in [0.2, 0.25) is 10.0 Å². The number of sulfonamides is 1. The monoisotopic (exact) mass is 378 g/mol. The molecule has 0 aliphatic carbocycles. The van der Waals surface area contributed by atoms with E-state index in [4.69, 9.17) is 0 Å². The van der Waals surface area contributed by atoms with E-state index in [1.807, 2.05) is 0 Å². The normalized spacial score (nSPS) is 14.4. The van der Waals surface area contributed by atoms with E-state index in [2.05, 4.69) is 11.6 Å². The zero-order valence-electron chi connectivity index (χ0n) is 15.1. The zero-order valence-corrected chi connectivity index (χ0v) is 15.9. The van der Waals surface area contributed by atoms with Crippen LogP contribution in [0.5, 0.6) is 0 Å². The summed E-state index contributed by atoms with van der Waals surface area (Å²) in [5.74, 6) is -0.856. The van der Waals surface area contributed by atoms with Gasteiger partial charge >= 0.3 is 0 Å². The fraction of sp³-hybridized carbons (Fsp3) is 0.474. The van der Waals surface area contributed by atoms with E-state index in [9.17, 15) is 18.0 Å². The molecule has 2 rings (SSSR count). The Morgan fingerprint density at radius 1 is 0.846 bits per heavy atom. The topological polar surface area (TPSA) is 83.6 Å². The van der Waals surface area contributed by atoms with E-state index in [0.717, 1.165) is 24.2 Å². The second kappa shape index (κ2) is 9.64. The van der Waals surface area contributed by atoms with Gasteiger partial charge in [-0.05, 0) is 30.7 Å². The van der Waals surface area contributed by atoms with Gasteiger partial charge in [0.05, 0.1) is 10.6 Å². The van der Waals surface area contributed by atoms with Crippen molar-refractivity contribution in [2.24, 2.45) is 0 Å². The number of hydrogen-bond donors (Lipinski definition) is 1. The summed E-state index contributed by atoms with van der Waals surface area (Å²) >= 11 is 0. The summed E-state index contributed by atoms with van der Waals surface area (Å²) in [6, 6.07) is 5.73. The molecule has 1 heterocycles. The number of unbranched alkanes of at least 4 members (excludes halogenated alkanes) is 6. The third-order valence-electron chi connectivity index (χ3n) is 4.29. The van der Waals surface area contributed by atoms with Crippen LogP contribution in [0.15, 0.2) is 41.3 Å². The van der Waals surface area contributed by atoms with Crippen LogP contribution in [0.4, 0.5) is 5.69 Å². The molecule has 1 aromatic carbocycles. The lowest BCUT2D eigenvalue weighted by atomic mass is 10.1. The number of imide groups is 1. The first-order chi connectivity index (χ1) is 12.5. The SMILES string of the molecule is CCCCCCCCCNS(=O)(=O)c1ccc(N2C(=O)C=CC2=O)cc1. The van der Waals surface area contributed by atoms with E-state index in [1.54, 1.807) is 0 Å². The number of anilines is 1. The van der Waals surface area contributed by atoms with Gasteiger partial charge in [0.25, 0.3) is 11.8 Å². The van der Waals surface area contributed by atoms with Crippen LogP contribution in [-0.4, -0.2) is 26.8 Å². The van der Waals surface area contributed by atoms with Crippen LogP contribution in [-0.2, 0) is 19.6 Å². The number of amides is 2. The highest BCUT2D eigenvalue weighted by atomic mass is 32.2. The molecule has 0 atom stereocenters. The lowest BCUT2D eigenvalue weighted by Gasteiger charge is -2.14. The van der Waals surface area contributed by atoms with E-state index in [0.29, 0.717) is 12.2 Å². The van der Waals surface area contributed by atoms with E-state index < -0.39 is 21.8 Å². The maximum atomic E-state index is 12.3. The second-order valence-corrected chi connectivity index (χ2v) is 8.13. The Balaban J connectivity index is 1.82. The number of rotatable bonds is 11. The molecule has 0 saturated heterocycles. The molecule has 1 aromatic rings. The molecular formula is C19H26N2O4S. The maximum absolute atomic E-state index is 12.3. The number of carbonyl (C=O) groups excluding carboxylic acids is 2. The first kappa shape index (κ1) is 20.3. The van der Waals surface area contributed by atoms with Crippen molar-refractivity contribution in [3.8, 4) is 0 Å². The minimum Gasteiger partial charge on any atom is -0.269 e. The molecule has 1 N–H and O–H groups in total. The molecule has 2 amide bonds. The quantitative estimate of drug-likeness (QED) is 0.474. The van der Waals surface area contributed by atoms with Crippen LogP contribution < -0.4 is 9.62 Å². The van der Waals surface area contributed by atoms with Crippen molar-refractivity contribution in [3.05, 3.63) is 36.4 Å². The Morgan fingerprint density at radius 2 is 1.38 bits per heavy atom. The molecular weight excluding hydrogens is 352 g/mol. The van der Waals surface area contributed by atoms with Gasteiger partial charge in [0, 0.05) is 18.7 Å². The fourth-order valence-electron chi connectivity index (χ4n) is 2.80. The Hall–Kier alpha value is -1.99. The standard InChI is InChI=1S/C19H26N2O4S/c1-2-3-4-5-6-7-8-15-20-26(24,25)17-11-9-16(10-12-17)21-18(22)13-14-19(21)23/h9-14,20H,2-8,15H2,1H3. The van der Waals surface area contributed by atoms with Gasteiger partial charge in [0.15, 0.2) is 0 Å². The first-order valence-corrected chi connectivity index (χ1v) is 10.6. The highest BCUT2D eigenvalue weighted by Crippen LogP contribution is 2.21. The van der Waals surface area contributed by atoms with Crippen molar-refractivity contribution in [1.29, 1.82) is 0 Å². The molecule has 142 valence electrons. The van der Waals surface area contributed by atoms with Crippen LogP contribution >= 0.6 is 0 Å². The lowest BCUT2D eigenvalue weighted by Crippen LogP contribution is -2.29. The largest absolute Gasteiger partial charge is 0.269 e. The fourth-order valence-corrected chi connectivity index (χ4v) is 3.88. The molecule has 6 nitrogen and oxygen atoms in total. The van der Waals surface area contributed by atoms with Crippen LogP contribution in [0.1, 0.15) is 51.9 Å². The molecule has 1 aliphatic rings. The van der Waals surface area contributed by atoms with Gasteiger partial charge < -0.3 is 0 Å². The summed E-state index contributed by atoms with van der Waals surface area (Å²) < 4.78 is 27.2. The summed E-state index contributed by atoms with van der Waals surface area (Å²) in [6.07, 6.45) is 10.2. The Bertz CT molecular complexity index is 736. The maximum Gasteiger partial charge on any atom is 0.258 e. The minimum atomic E-state index is -3.58. The first-order valence-electron chi connectivity index (χ1n) is 9.11. The van der Waals surface area contributed by atoms with E-state index in [-0.39, 0.29) is 4.90 Å². The molecule has 7 heteroatoms. The number of carbonyl (C=O) groups is 2. The average Bonchev–Trinajstić information content (AvgIpc) is 2.96. The average molecular weight is 378 g/mol. The Labute approximate surface area is 155 Å². The molecule has 0 unspecified atom stereocenters. The van der Waals surface area contributed by atoms with Gasteiger partial charge in [0.1, 0.15) is 0 Å². The smallest absolute Gasteiger partial charge is 0.258 e. The zero-order chi connectivity index (χ0) is 19.0. The number of hydrogen-bond acceptors (Lipinski definition) is 4. The van der Waals surface area contributed by atoms with E-state index in [1.165, 1.54) is 62.1 Å². The predicted molar refractivity (Wildman–Crippen MR) is 101 cm³/mol. The highest BCUT2D eigenvalue weighted by Gasteiger charge is 2.25. The van der Waals surface area contributed by atoms with Gasteiger partial charge in [-0.2, -0.15) is 0 Å². The van der Waals surface area contributed by atoms with Gasteiger partial charge in [-0.15, -0.1) is 0 Å². The third-order valence-corrected chi connectivity index (χ3v) is 5.76. The van der Waals surface area contributed by atoms with Crippen LogP contribution in [0, 0.1) is 0 Å². The number of nitrogens with one attached hydrogen (secondary N) is 1. The summed E-state index contributed by atoms with van der Waals surface area (Å²) in [5, 5.41) is 0. The number of benzene rings is 1. The Morgan fingerprint density at radius 3 is 1.96 bits per heavy atom. The predicted octanol–water partition coefficient (Wildman–Crippen LogP) is 3.14. The minimum absolute atomic E-state index is 0.122. The van der Waals surface area contributed by atoms with E-state index >= 15 is 0 Å². The van der Waals surface area contributed by atoms with Gasteiger partial charge in [-0.25, -0.2) is 18.0 Å². The molecule has 26 heavy (non-hydrogen) atoms. The van der Waals surface area contributed by atoms with Crippen molar-refractivity contribution in [2.45, 2.75) is 56.8 Å². The van der Waals surface area contributed by atoms with Crippen molar-refractivity contribution in [3.63, 3.8) is 0 Å². The Kier molecular flexibility index (Phi) is 7.53. The highest BCUT2D eigenvalue weighted by molar-refractivity contribution is 7.89. The van der Waals surface area contributed by atoms with Gasteiger partial charge in [-0.1, -0.05) is 45.4 Å².